The molecule has 1 heterocycles. The Labute approximate surface area is 93.3 Å². The number of nitrogens with two attached hydrogens (primary N) is 2. The molecule has 0 bridgehead atoms. The lowest BCUT2D eigenvalue weighted by molar-refractivity contribution is 0.0997. The molecule has 2 rings (SSSR count). The van der Waals surface area contributed by atoms with Gasteiger partial charge in [-0.15, -0.1) is 0 Å². The summed E-state index contributed by atoms with van der Waals surface area (Å²) >= 11 is 0. The van der Waals surface area contributed by atoms with Crippen molar-refractivity contribution in [2.45, 2.75) is 25.3 Å². The summed E-state index contributed by atoms with van der Waals surface area (Å²) in [6, 6.07) is 0.220. The van der Waals surface area contributed by atoms with Crippen LogP contribution in [-0.4, -0.2) is 27.2 Å². The molecule has 0 aliphatic heterocycles. The van der Waals surface area contributed by atoms with E-state index < -0.39 is 5.91 Å². The minimum absolute atomic E-state index is 0.132. The number of carbonyl (C=O) groups is 1. The van der Waals surface area contributed by atoms with Gasteiger partial charge in [0, 0.05) is 12.6 Å². The highest BCUT2D eigenvalue weighted by atomic mass is 16.3. The van der Waals surface area contributed by atoms with Gasteiger partial charge in [-0.25, -0.2) is 4.98 Å². The van der Waals surface area contributed by atoms with Crippen molar-refractivity contribution < 1.29 is 9.90 Å². The molecule has 0 spiro atoms. The van der Waals surface area contributed by atoms with Gasteiger partial charge in [0.05, 0.1) is 6.33 Å². The molecule has 1 fully saturated rings. The summed E-state index contributed by atoms with van der Waals surface area (Å²) in [6.45, 7) is 0.202. The van der Waals surface area contributed by atoms with Crippen molar-refractivity contribution >= 4 is 11.7 Å². The number of aliphatic hydroxyl groups excluding tert-OH is 1. The van der Waals surface area contributed by atoms with E-state index in [-0.39, 0.29) is 18.3 Å². The SMILES string of the molecule is NC(=O)c1ncn(C2CCC(CO)C2)c1N. The van der Waals surface area contributed by atoms with E-state index in [2.05, 4.69) is 4.98 Å². The van der Waals surface area contributed by atoms with Crippen molar-refractivity contribution in [2.24, 2.45) is 11.7 Å². The Morgan fingerprint density at radius 3 is 2.88 bits per heavy atom. The van der Waals surface area contributed by atoms with Crippen LogP contribution in [0.2, 0.25) is 0 Å². The zero-order valence-corrected chi connectivity index (χ0v) is 8.97. The predicted molar refractivity (Wildman–Crippen MR) is 58.6 cm³/mol. The van der Waals surface area contributed by atoms with Crippen molar-refractivity contribution in [3.8, 4) is 0 Å². The van der Waals surface area contributed by atoms with E-state index in [1.54, 1.807) is 10.9 Å². The summed E-state index contributed by atoms with van der Waals surface area (Å²) < 4.78 is 1.79. The van der Waals surface area contributed by atoms with Crippen LogP contribution in [0, 0.1) is 5.92 Å². The highest BCUT2D eigenvalue weighted by Crippen LogP contribution is 2.35. The van der Waals surface area contributed by atoms with Gasteiger partial charge >= 0.3 is 0 Å². The monoisotopic (exact) mass is 224 g/mol. The van der Waals surface area contributed by atoms with E-state index in [4.69, 9.17) is 16.6 Å². The topological polar surface area (TPSA) is 107 Å². The van der Waals surface area contributed by atoms with Gasteiger partial charge in [-0.3, -0.25) is 4.79 Å². The van der Waals surface area contributed by atoms with Gasteiger partial charge in [-0.1, -0.05) is 0 Å². The van der Waals surface area contributed by atoms with Gasteiger partial charge in [0.25, 0.3) is 5.91 Å². The summed E-state index contributed by atoms with van der Waals surface area (Å²) in [5.41, 5.74) is 11.1. The van der Waals surface area contributed by atoms with Crippen molar-refractivity contribution in [1.29, 1.82) is 0 Å². The molecule has 1 aliphatic rings. The smallest absolute Gasteiger partial charge is 0.271 e. The molecule has 6 heteroatoms. The van der Waals surface area contributed by atoms with Crippen LogP contribution in [0.3, 0.4) is 0 Å². The molecular weight excluding hydrogens is 208 g/mol. The molecular formula is C10H16N4O2. The number of aromatic nitrogens is 2. The average molecular weight is 224 g/mol. The van der Waals surface area contributed by atoms with Gasteiger partial charge in [0.2, 0.25) is 0 Å². The number of carbonyl (C=O) groups excluding carboxylic acids is 1. The third kappa shape index (κ3) is 1.76. The van der Waals surface area contributed by atoms with Gasteiger partial charge in [-0.2, -0.15) is 0 Å². The van der Waals surface area contributed by atoms with Crippen LogP contribution in [-0.2, 0) is 0 Å². The summed E-state index contributed by atoms with van der Waals surface area (Å²) in [5.74, 6) is 0.0490. The van der Waals surface area contributed by atoms with Gasteiger partial charge < -0.3 is 21.1 Å². The van der Waals surface area contributed by atoms with Crippen LogP contribution in [0.25, 0.3) is 0 Å². The summed E-state index contributed by atoms with van der Waals surface area (Å²) in [5, 5.41) is 9.06. The first-order valence-electron chi connectivity index (χ1n) is 5.36. The maximum absolute atomic E-state index is 11.0. The second-order valence-corrected chi connectivity index (χ2v) is 4.27. The van der Waals surface area contributed by atoms with E-state index in [1.165, 1.54) is 0 Å². The number of aliphatic hydroxyl groups is 1. The molecule has 2 unspecified atom stereocenters. The zero-order chi connectivity index (χ0) is 11.7. The fourth-order valence-corrected chi connectivity index (χ4v) is 2.32. The first kappa shape index (κ1) is 10.9. The molecule has 5 N–H and O–H groups in total. The maximum Gasteiger partial charge on any atom is 0.271 e. The molecule has 6 nitrogen and oxygen atoms in total. The molecule has 88 valence electrons. The number of hydrogen-bond acceptors (Lipinski definition) is 4. The number of rotatable bonds is 3. The van der Waals surface area contributed by atoms with Crippen LogP contribution in [0.15, 0.2) is 6.33 Å². The van der Waals surface area contributed by atoms with Crippen molar-refractivity contribution in [2.75, 3.05) is 12.3 Å². The van der Waals surface area contributed by atoms with Gasteiger partial charge in [-0.05, 0) is 25.2 Å². The van der Waals surface area contributed by atoms with Crippen molar-refractivity contribution in [3.63, 3.8) is 0 Å². The predicted octanol–water partition coefficient (Wildman–Crippen LogP) is -0.102. The van der Waals surface area contributed by atoms with Crippen LogP contribution in [0.1, 0.15) is 35.8 Å². The lowest BCUT2D eigenvalue weighted by Gasteiger charge is -2.13. The lowest BCUT2D eigenvalue weighted by atomic mass is 10.1. The average Bonchev–Trinajstić information content (AvgIpc) is 2.83. The Morgan fingerprint density at radius 2 is 2.38 bits per heavy atom. The molecule has 1 saturated carbocycles. The van der Waals surface area contributed by atoms with E-state index >= 15 is 0 Å². The minimum Gasteiger partial charge on any atom is -0.396 e. The third-order valence-corrected chi connectivity index (χ3v) is 3.23. The maximum atomic E-state index is 11.0. The molecule has 2 atom stereocenters. The number of nitrogens with zero attached hydrogens (tertiary/aromatic N) is 2. The van der Waals surface area contributed by atoms with E-state index in [0.29, 0.717) is 11.7 Å². The first-order chi connectivity index (χ1) is 7.63. The Hall–Kier alpha value is -1.56. The second-order valence-electron chi connectivity index (χ2n) is 4.27. The molecule has 1 aromatic heterocycles. The summed E-state index contributed by atoms with van der Waals surface area (Å²) in [4.78, 5) is 14.9. The number of anilines is 1. The normalized spacial score (nSPS) is 24.8. The Balaban J connectivity index is 2.19. The molecule has 1 amide bonds. The number of nitrogen functional groups attached to an aromatic ring is 1. The number of primary amides is 1. The fourth-order valence-electron chi connectivity index (χ4n) is 2.32. The largest absolute Gasteiger partial charge is 0.396 e. The third-order valence-electron chi connectivity index (χ3n) is 3.23. The van der Waals surface area contributed by atoms with Crippen LogP contribution in [0.5, 0.6) is 0 Å². The molecule has 0 aromatic carbocycles. The van der Waals surface area contributed by atoms with Crippen LogP contribution < -0.4 is 11.5 Å². The molecule has 0 radical (unpaired) electrons. The fraction of sp³-hybridized carbons (Fsp3) is 0.600. The first-order valence-corrected chi connectivity index (χ1v) is 5.36. The Morgan fingerprint density at radius 1 is 1.62 bits per heavy atom. The second kappa shape index (κ2) is 4.13. The Kier molecular flexibility index (Phi) is 2.82. The van der Waals surface area contributed by atoms with E-state index in [1.807, 2.05) is 0 Å². The molecule has 1 aromatic rings. The van der Waals surface area contributed by atoms with Gasteiger partial charge in [0.1, 0.15) is 5.82 Å². The highest BCUT2D eigenvalue weighted by Gasteiger charge is 2.27. The molecule has 0 saturated heterocycles. The van der Waals surface area contributed by atoms with Crippen molar-refractivity contribution in [1.82, 2.24) is 9.55 Å². The van der Waals surface area contributed by atoms with Crippen LogP contribution in [0.4, 0.5) is 5.82 Å². The van der Waals surface area contributed by atoms with Gasteiger partial charge in [0.15, 0.2) is 5.69 Å². The molecule has 1 aliphatic carbocycles. The quantitative estimate of drug-likeness (QED) is 0.666. The standard InChI is InChI=1S/C10H16N4O2/c11-9-8(10(12)16)13-5-14(9)7-2-1-6(3-7)4-15/h5-7,15H,1-4,11H2,(H2,12,16). The van der Waals surface area contributed by atoms with Crippen molar-refractivity contribution in [3.05, 3.63) is 12.0 Å². The summed E-state index contributed by atoms with van der Waals surface area (Å²) in [6.07, 6.45) is 4.35. The van der Waals surface area contributed by atoms with Crippen LogP contribution >= 0.6 is 0 Å². The van der Waals surface area contributed by atoms with E-state index in [9.17, 15) is 4.79 Å². The number of hydrogen-bond donors (Lipinski definition) is 3. The highest BCUT2D eigenvalue weighted by molar-refractivity contribution is 5.95. The Bertz CT molecular complexity index is 402. The molecule has 16 heavy (non-hydrogen) atoms. The van der Waals surface area contributed by atoms with E-state index in [0.717, 1.165) is 19.3 Å². The number of imidazole rings is 1. The zero-order valence-electron chi connectivity index (χ0n) is 8.97. The minimum atomic E-state index is -0.604. The number of amides is 1. The summed E-state index contributed by atoms with van der Waals surface area (Å²) in [7, 11) is 0. The lowest BCUT2D eigenvalue weighted by Crippen LogP contribution is -2.15.